The lowest BCUT2D eigenvalue weighted by Gasteiger charge is -2.05. The summed E-state index contributed by atoms with van der Waals surface area (Å²) in [6.07, 6.45) is 3.85. The van der Waals surface area contributed by atoms with E-state index in [2.05, 4.69) is 34.9 Å². The maximum atomic E-state index is 5.67. The summed E-state index contributed by atoms with van der Waals surface area (Å²) in [4.78, 5) is 27.5. The van der Waals surface area contributed by atoms with Crippen molar-refractivity contribution in [3.8, 4) is 6.01 Å². The SMILES string of the molecule is CCCOc1nc(N)nc(Sc2ncnc3nc[nH]c23)n1. The number of hydrogen-bond donors (Lipinski definition) is 2. The number of imidazole rings is 1. The third-order valence-corrected chi connectivity index (χ3v) is 3.29. The van der Waals surface area contributed by atoms with Gasteiger partial charge >= 0.3 is 6.01 Å². The van der Waals surface area contributed by atoms with Gasteiger partial charge in [-0.3, -0.25) is 0 Å². The average Bonchev–Trinajstić information content (AvgIpc) is 2.94. The second kappa shape index (κ2) is 5.87. The molecule has 0 aliphatic rings. The third-order valence-electron chi connectivity index (χ3n) is 2.42. The number of anilines is 1. The third kappa shape index (κ3) is 2.99. The Balaban J connectivity index is 1.90. The van der Waals surface area contributed by atoms with Crippen molar-refractivity contribution in [1.82, 2.24) is 34.9 Å². The second-order valence-corrected chi connectivity index (χ2v) is 4.95. The topological polar surface area (TPSA) is 128 Å². The molecule has 0 unspecified atom stereocenters. The molecule has 3 rings (SSSR count). The van der Waals surface area contributed by atoms with Gasteiger partial charge in [-0.15, -0.1) is 0 Å². The lowest BCUT2D eigenvalue weighted by molar-refractivity contribution is 0.288. The fourth-order valence-electron chi connectivity index (χ4n) is 1.56. The molecule has 10 heteroatoms. The molecule has 0 aliphatic carbocycles. The number of nitrogens with one attached hydrogen (secondary N) is 1. The molecule has 108 valence electrons. The maximum Gasteiger partial charge on any atom is 0.322 e. The first-order valence-corrected chi connectivity index (χ1v) is 7.04. The lowest BCUT2D eigenvalue weighted by Crippen LogP contribution is -2.05. The van der Waals surface area contributed by atoms with Gasteiger partial charge in [-0.25, -0.2) is 15.0 Å². The zero-order valence-electron chi connectivity index (χ0n) is 11.1. The van der Waals surface area contributed by atoms with Crippen LogP contribution in [0.25, 0.3) is 11.2 Å². The minimum atomic E-state index is 0.105. The predicted molar refractivity (Wildman–Crippen MR) is 75.8 cm³/mol. The van der Waals surface area contributed by atoms with Crippen molar-refractivity contribution in [3.05, 3.63) is 12.7 Å². The second-order valence-electron chi connectivity index (χ2n) is 3.99. The van der Waals surface area contributed by atoms with Gasteiger partial charge in [0.25, 0.3) is 0 Å². The van der Waals surface area contributed by atoms with Gasteiger partial charge in [0.1, 0.15) is 16.9 Å². The largest absolute Gasteiger partial charge is 0.463 e. The lowest BCUT2D eigenvalue weighted by atomic mass is 10.5. The number of nitrogens with zero attached hydrogens (tertiary/aromatic N) is 6. The van der Waals surface area contributed by atoms with Crippen LogP contribution in [0.2, 0.25) is 0 Å². The van der Waals surface area contributed by atoms with E-state index in [1.165, 1.54) is 18.1 Å². The molecule has 9 nitrogen and oxygen atoms in total. The molecule has 0 bridgehead atoms. The minimum absolute atomic E-state index is 0.105. The standard InChI is InChI=1S/C11H12N8OS/c1-2-3-20-10-17-9(12)18-11(19-10)21-8-6-7(14-4-13-6)15-5-16-8/h4-5H,2-3H2,1H3,(H2,12,17,18,19)(H,13,14,15,16). The van der Waals surface area contributed by atoms with Crippen LogP contribution in [0.3, 0.4) is 0 Å². The molecule has 0 aliphatic heterocycles. The molecule has 0 saturated heterocycles. The highest BCUT2D eigenvalue weighted by atomic mass is 32.2. The molecule has 3 N–H and O–H groups in total. The van der Waals surface area contributed by atoms with E-state index >= 15 is 0 Å². The number of ether oxygens (including phenoxy) is 1. The van der Waals surface area contributed by atoms with Crippen molar-refractivity contribution < 1.29 is 4.74 Å². The summed E-state index contributed by atoms with van der Waals surface area (Å²) in [6.45, 7) is 2.52. The Morgan fingerprint density at radius 3 is 3.00 bits per heavy atom. The summed E-state index contributed by atoms with van der Waals surface area (Å²) >= 11 is 1.24. The number of nitrogen functional groups attached to an aromatic ring is 1. The number of aromatic amines is 1. The zero-order valence-corrected chi connectivity index (χ0v) is 12.0. The normalized spacial score (nSPS) is 10.9. The number of rotatable bonds is 5. The van der Waals surface area contributed by atoms with Crippen LogP contribution >= 0.6 is 11.8 Å². The highest BCUT2D eigenvalue weighted by Crippen LogP contribution is 2.28. The molecule has 0 radical (unpaired) electrons. The molecule has 0 atom stereocenters. The van der Waals surface area contributed by atoms with E-state index in [1.54, 1.807) is 6.33 Å². The predicted octanol–water partition coefficient (Wildman–Crippen LogP) is 1.06. The summed E-state index contributed by atoms with van der Waals surface area (Å²) in [5.74, 6) is 0.105. The molecular formula is C11H12N8OS. The van der Waals surface area contributed by atoms with E-state index in [0.29, 0.717) is 22.4 Å². The van der Waals surface area contributed by atoms with E-state index in [1.807, 2.05) is 6.92 Å². The van der Waals surface area contributed by atoms with Crippen LogP contribution in [-0.2, 0) is 0 Å². The van der Waals surface area contributed by atoms with Crippen LogP contribution < -0.4 is 10.5 Å². The molecule has 0 amide bonds. The smallest absolute Gasteiger partial charge is 0.322 e. The van der Waals surface area contributed by atoms with E-state index in [9.17, 15) is 0 Å². The summed E-state index contributed by atoms with van der Waals surface area (Å²) in [6, 6.07) is 0.210. The highest BCUT2D eigenvalue weighted by molar-refractivity contribution is 7.99. The van der Waals surface area contributed by atoms with Gasteiger partial charge in [0, 0.05) is 0 Å². The van der Waals surface area contributed by atoms with Gasteiger partial charge in [-0.05, 0) is 18.2 Å². The van der Waals surface area contributed by atoms with E-state index in [0.717, 1.165) is 11.9 Å². The van der Waals surface area contributed by atoms with Crippen molar-refractivity contribution in [2.45, 2.75) is 23.5 Å². The first-order valence-electron chi connectivity index (χ1n) is 6.22. The van der Waals surface area contributed by atoms with Crippen molar-refractivity contribution in [3.63, 3.8) is 0 Å². The molecule has 21 heavy (non-hydrogen) atoms. The zero-order chi connectivity index (χ0) is 14.7. The van der Waals surface area contributed by atoms with Gasteiger partial charge in [-0.1, -0.05) is 6.92 Å². The van der Waals surface area contributed by atoms with E-state index in [4.69, 9.17) is 10.5 Å². The van der Waals surface area contributed by atoms with Crippen LogP contribution in [0.1, 0.15) is 13.3 Å². The number of aromatic nitrogens is 7. The Hall–Kier alpha value is -2.49. The maximum absolute atomic E-state index is 5.67. The van der Waals surface area contributed by atoms with Gasteiger partial charge in [0.05, 0.1) is 12.9 Å². The molecular weight excluding hydrogens is 292 g/mol. The van der Waals surface area contributed by atoms with Crippen molar-refractivity contribution in [2.24, 2.45) is 0 Å². The Kier molecular flexibility index (Phi) is 3.77. The Bertz CT molecular complexity index is 761. The fourth-order valence-corrected chi connectivity index (χ4v) is 2.35. The average molecular weight is 304 g/mol. The summed E-state index contributed by atoms with van der Waals surface area (Å²) in [5.41, 5.74) is 6.97. The van der Waals surface area contributed by atoms with Gasteiger partial charge in [0.15, 0.2) is 5.65 Å². The first-order chi connectivity index (χ1) is 10.3. The van der Waals surface area contributed by atoms with Gasteiger partial charge < -0.3 is 15.5 Å². The summed E-state index contributed by atoms with van der Waals surface area (Å²) < 4.78 is 5.38. The minimum Gasteiger partial charge on any atom is -0.463 e. The molecule has 3 aromatic heterocycles. The van der Waals surface area contributed by atoms with Crippen LogP contribution in [-0.4, -0.2) is 41.5 Å². The molecule has 0 saturated carbocycles. The molecule has 3 aromatic rings. The van der Waals surface area contributed by atoms with E-state index in [-0.39, 0.29) is 12.0 Å². The number of hydrogen-bond acceptors (Lipinski definition) is 9. The van der Waals surface area contributed by atoms with Crippen LogP contribution in [0.5, 0.6) is 6.01 Å². The quantitative estimate of drug-likeness (QED) is 0.664. The van der Waals surface area contributed by atoms with Gasteiger partial charge in [0.2, 0.25) is 11.1 Å². The van der Waals surface area contributed by atoms with Crippen LogP contribution in [0, 0.1) is 0 Å². The summed E-state index contributed by atoms with van der Waals surface area (Å²) in [5, 5.41) is 1.06. The fraction of sp³-hybridized carbons (Fsp3) is 0.273. The Labute approximate surface area is 123 Å². The van der Waals surface area contributed by atoms with Gasteiger partial charge in [-0.2, -0.15) is 15.0 Å². The summed E-state index contributed by atoms with van der Waals surface area (Å²) in [7, 11) is 0. The molecule has 0 fully saturated rings. The van der Waals surface area contributed by atoms with Crippen LogP contribution in [0.15, 0.2) is 22.8 Å². The monoisotopic (exact) mass is 304 g/mol. The molecule has 3 heterocycles. The molecule has 0 spiro atoms. The first kappa shape index (κ1) is 13.5. The number of H-pyrrole nitrogens is 1. The van der Waals surface area contributed by atoms with Crippen LogP contribution in [0.4, 0.5) is 5.95 Å². The van der Waals surface area contributed by atoms with Crippen molar-refractivity contribution >= 4 is 28.9 Å². The Morgan fingerprint density at radius 1 is 1.24 bits per heavy atom. The number of nitrogens with two attached hydrogens (primary N) is 1. The Morgan fingerprint density at radius 2 is 2.14 bits per heavy atom. The molecule has 0 aromatic carbocycles. The van der Waals surface area contributed by atoms with E-state index < -0.39 is 0 Å². The highest BCUT2D eigenvalue weighted by Gasteiger charge is 2.12. The van der Waals surface area contributed by atoms with Crippen molar-refractivity contribution in [2.75, 3.05) is 12.3 Å². The number of fused-ring (bicyclic) bond motifs is 1. The van der Waals surface area contributed by atoms with Crippen molar-refractivity contribution in [1.29, 1.82) is 0 Å².